The van der Waals surface area contributed by atoms with Gasteiger partial charge in [0.15, 0.2) is 11.0 Å². The molecule has 7 heteroatoms. The molecule has 0 fully saturated rings. The molecular weight excluding hydrogens is 248 g/mol. The molecule has 0 radical (unpaired) electrons. The molecule has 0 aliphatic carbocycles. The first-order valence-corrected chi connectivity index (χ1v) is 5.29. The third-order valence-corrected chi connectivity index (χ3v) is 2.42. The average molecular weight is 257 g/mol. The Balaban J connectivity index is 2.40. The van der Waals surface area contributed by atoms with Gasteiger partial charge < -0.3 is 4.74 Å². The van der Waals surface area contributed by atoms with Crippen LogP contribution in [0.25, 0.3) is 5.82 Å². The van der Waals surface area contributed by atoms with Crippen LogP contribution in [0.4, 0.5) is 0 Å². The number of aromatic nitrogens is 4. The molecule has 16 heavy (non-hydrogen) atoms. The van der Waals surface area contributed by atoms with Gasteiger partial charge in [-0.3, -0.25) is 5.10 Å². The van der Waals surface area contributed by atoms with Gasteiger partial charge in [-0.2, -0.15) is 0 Å². The molecule has 0 amide bonds. The van der Waals surface area contributed by atoms with Crippen LogP contribution >= 0.6 is 23.8 Å². The van der Waals surface area contributed by atoms with Gasteiger partial charge >= 0.3 is 0 Å². The lowest BCUT2D eigenvalue weighted by atomic mass is 10.5. The average Bonchev–Trinajstić information content (AvgIpc) is 2.61. The third kappa shape index (κ3) is 2.29. The Hall–Kier alpha value is -1.24. The molecular formula is C9H9ClN4OS. The highest BCUT2D eigenvalue weighted by atomic mass is 35.5. The Morgan fingerprint density at radius 1 is 1.50 bits per heavy atom. The van der Waals surface area contributed by atoms with Crippen LogP contribution in [0.2, 0.25) is 5.15 Å². The SMILES string of the molecule is COCc1cc(=S)n(-c2ccc(Cl)nn2)[nH]1. The quantitative estimate of drug-likeness (QED) is 0.855. The molecule has 0 aliphatic heterocycles. The van der Waals surface area contributed by atoms with Gasteiger partial charge in [-0.05, 0) is 18.2 Å². The second kappa shape index (κ2) is 4.73. The van der Waals surface area contributed by atoms with Gasteiger partial charge in [0.25, 0.3) is 0 Å². The fourth-order valence-corrected chi connectivity index (χ4v) is 1.65. The number of methoxy groups -OCH3 is 1. The summed E-state index contributed by atoms with van der Waals surface area (Å²) < 4.78 is 7.26. The molecule has 0 spiro atoms. The van der Waals surface area contributed by atoms with Crippen LogP contribution in [-0.4, -0.2) is 27.1 Å². The Kier molecular flexibility index (Phi) is 3.33. The topological polar surface area (TPSA) is 55.7 Å². The fraction of sp³-hybridized carbons (Fsp3) is 0.222. The Morgan fingerprint density at radius 3 is 2.94 bits per heavy atom. The molecule has 0 saturated heterocycles. The largest absolute Gasteiger partial charge is 0.378 e. The lowest BCUT2D eigenvalue weighted by Gasteiger charge is -2.00. The molecule has 1 N–H and O–H groups in total. The zero-order valence-corrected chi connectivity index (χ0v) is 10.0. The normalized spacial score (nSPS) is 10.6. The number of nitrogens with one attached hydrogen (secondary N) is 1. The van der Waals surface area contributed by atoms with E-state index in [1.165, 1.54) is 0 Å². The van der Waals surface area contributed by atoms with Crippen molar-refractivity contribution in [2.45, 2.75) is 6.61 Å². The van der Waals surface area contributed by atoms with Gasteiger partial charge in [0.05, 0.1) is 12.3 Å². The smallest absolute Gasteiger partial charge is 0.175 e. The zero-order valence-electron chi connectivity index (χ0n) is 8.48. The van der Waals surface area contributed by atoms with Gasteiger partial charge in [-0.15, -0.1) is 10.2 Å². The molecule has 0 saturated carbocycles. The number of aromatic amines is 1. The fourth-order valence-electron chi connectivity index (χ4n) is 1.27. The highest BCUT2D eigenvalue weighted by Gasteiger charge is 2.04. The maximum atomic E-state index is 5.65. The van der Waals surface area contributed by atoms with E-state index in [0.29, 0.717) is 22.2 Å². The third-order valence-electron chi connectivity index (χ3n) is 1.92. The molecule has 5 nitrogen and oxygen atoms in total. The minimum atomic E-state index is 0.346. The summed E-state index contributed by atoms with van der Waals surface area (Å²) in [5.74, 6) is 0.594. The summed E-state index contributed by atoms with van der Waals surface area (Å²) in [5.41, 5.74) is 0.879. The summed E-state index contributed by atoms with van der Waals surface area (Å²) in [4.78, 5) is 0. The van der Waals surface area contributed by atoms with E-state index in [0.717, 1.165) is 5.69 Å². The molecule has 2 heterocycles. The molecule has 0 unspecified atom stereocenters. The van der Waals surface area contributed by atoms with E-state index >= 15 is 0 Å². The van der Waals surface area contributed by atoms with Crippen molar-refractivity contribution in [1.29, 1.82) is 0 Å². The van der Waals surface area contributed by atoms with Gasteiger partial charge in [-0.25, -0.2) is 4.68 Å². The number of ether oxygens (including phenoxy) is 1. The second-order valence-electron chi connectivity index (χ2n) is 3.10. The summed E-state index contributed by atoms with van der Waals surface area (Å²) >= 11 is 10.8. The summed E-state index contributed by atoms with van der Waals surface area (Å²) in [6, 6.07) is 5.20. The van der Waals surface area contributed by atoms with E-state index in [-0.39, 0.29) is 0 Å². The van der Waals surface area contributed by atoms with Crippen LogP contribution in [0.1, 0.15) is 5.69 Å². The van der Waals surface area contributed by atoms with Crippen molar-refractivity contribution in [1.82, 2.24) is 20.0 Å². The zero-order chi connectivity index (χ0) is 11.5. The summed E-state index contributed by atoms with van der Waals surface area (Å²) in [5, 5.41) is 11.1. The predicted octanol–water partition coefficient (Wildman–Crippen LogP) is 2.12. The Labute approximate surface area is 102 Å². The van der Waals surface area contributed by atoms with Crippen LogP contribution in [0.3, 0.4) is 0 Å². The van der Waals surface area contributed by atoms with Crippen LogP contribution < -0.4 is 0 Å². The lowest BCUT2D eigenvalue weighted by molar-refractivity contribution is 0.181. The summed E-state index contributed by atoms with van der Waals surface area (Å²) in [6.07, 6.45) is 0. The van der Waals surface area contributed by atoms with E-state index in [9.17, 15) is 0 Å². The van der Waals surface area contributed by atoms with Crippen molar-refractivity contribution >= 4 is 23.8 Å². The molecule has 0 atom stereocenters. The maximum Gasteiger partial charge on any atom is 0.175 e. The van der Waals surface area contributed by atoms with Crippen molar-refractivity contribution in [2.75, 3.05) is 7.11 Å². The van der Waals surface area contributed by atoms with E-state index in [1.807, 2.05) is 6.07 Å². The first-order valence-electron chi connectivity index (χ1n) is 4.50. The van der Waals surface area contributed by atoms with Gasteiger partial charge in [0, 0.05) is 7.11 Å². The van der Waals surface area contributed by atoms with Crippen molar-refractivity contribution in [2.24, 2.45) is 0 Å². The van der Waals surface area contributed by atoms with E-state index < -0.39 is 0 Å². The number of H-pyrrole nitrogens is 1. The van der Waals surface area contributed by atoms with Gasteiger partial charge in [0.2, 0.25) is 0 Å². The maximum absolute atomic E-state index is 5.65. The minimum Gasteiger partial charge on any atom is -0.378 e. The molecule has 2 rings (SSSR count). The first-order chi connectivity index (χ1) is 7.70. The lowest BCUT2D eigenvalue weighted by Crippen LogP contribution is -2.01. The van der Waals surface area contributed by atoms with Gasteiger partial charge in [-0.1, -0.05) is 23.8 Å². The van der Waals surface area contributed by atoms with Crippen LogP contribution in [0.15, 0.2) is 18.2 Å². The van der Waals surface area contributed by atoms with Crippen LogP contribution in [-0.2, 0) is 11.3 Å². The van der Waals surface area contributed by atoms with E-state index in [1.54, 1.807) is 23.9 Å². The standard InChI is InChI=1S/C9H9ClN4OS/c1-15-5-6-4-9(16)14(13-6)8-3-2-7(10)11-12-8/h2-4,13H,5H2,1H3. The van der Waals surface area contributed by atoms with Crippen molar-refractivity contribution < 1.29 is 4.74 Å². The first kappa shape index (κ1) is 11.3. The van der Waals surface area contributed by atoms with Gasteiger partial charge in [0.1, 0.15) is 4.64 Å². The Bertz CT molecular complexity index is 533. The van der Waals surface area contributed by atoms with Crippen LogP contribution in [0, 0.1) is 4.64 Å². The number of hydrogen-bond donors (Lipinski definition) is 1. The number of halogens is 1. The number of rotatable bonds is 3. The van der Waals surface area contributed by atoms with Crippen molar-refractivity contribution in [3.8, 4) is 5.82 Å². The molecule has 2 aromatic rings. The summed E-state index contributed by atoms with van der Waals surface area (Å²) in [6.45, 7) is 0.470. The Morgan fingerprint density at radius 2 is 2.31 bits per heavy atom. The number of hydrogen-bond acceptors (Lipinski definition) is 4. The highest BCUT2D eigenvalue weighted by Crippen LogP contribution is 2.09. The number of nitrogens with zero attached hydrogens (tertiary/aromatic N) is 3. The molecule has 2 aromatic heterocycles. The highest BCUT2D eigenvalue weighted by molar-refractivity contribution is 7.71. The molecule has 0 aliphatic rings. The summed E-state index contributed by atoms with van der Waals surface area (Å²) in [7, 11) is 1.62. The predicted molar refractivity (Wildman–Crippen MR) is 62.3 cm³/mol. The van der Waals surface area contributed by atoms with Crippen molar-refractivity contribution in [3.63, 3.8) is 0 Å². The minimum absolute atomic E-state index is 0.346. The molecule has 84 valence electrons. The monoisotopic (exact) mass is 256 g/mol. The van der Waals surface area contributed by atoms with E-state index in [4.69, 9.17) is 28.6 Å². The molecule has 0 bridgehead atoms. The van der Waals surface area contributed by atoms with Crippen molar-refractivity contribution in [3.05, 3.63) is 33.7 Å². The van der Waals surface area contributed by atoms with Crippen LogP contribution in [0.5, 0.6) is 0 Å². The van der Waals surface area contributed by atoms with E-state index in [2.05, 4.69) is 15.3 Å². The molecule has 0 aromatic carbocycles. The second-order valence-corrected chi connectivity index (χ2v) is 3.91.